The zero-order valence-electron chi connectivity index (χ0n) is 16.4. The molecule has 6 nitrogen and oxygen atoms in total. The Hall–Kier alpha value is -1.90. The normalized spacial score (nSPS) is 12.9. The molecule has 0 radical (unpaired) electrons. The summed E-state index contributed by atoms with van der Waals surface area (Å²) in [7, 11) is -7.85. The Balaban J connectivity index is 2.53. The maximum Gasteiger partial charge on any atom is 0.262 e. The maximum atomic E-state index is 13.0. The highest BCUT2D eigenvalue weighted by molar-refractivity contribution is 7.92. The fourth-order valence-electron chi connectivity index (χ4n) is 2.98. The number of sulfonamides is 2. The van der Waals surface area contributed by atoms with Crippen molar-refractivity contribution in [3.05, 3.63) is 52.6 Å². The summed E-state index contributed by atoms with van der Waals surface area (Å²) in [5.41, 5.74) is 2.79. The van der Waals surface area contributed by atoms with E-state index >= 15 is 0 Å². The Morgan fingerprint density at radius 3 is 1.81 bits per heavy atom. The molecule has 0 heterocycles. The number of hydrogen-bond donors (Lipinski definition) is 2. The molecule has 0 aliphatic heterocycles. The molecule has 0 aromatic heterocycles. The molecule has 0 amide bonds. The average molecular weight is 411 g/mol. The smallest absolute Gasteiger partial charge is 0.262 e. The van der Waals surface area contributed by atoms with Crippen molar-refractivity contribution >= 4 is 25.7 Å². The first-order valence-electron chi connectivity index (χ1n) is 8.41. The van der Waals surface area contributed by atoms with Crippen LogP contribution in [0.1, 0.15) is 43.0 Å². The van der Waals surface area contributed by atoms with E-state index in [-0.39, 0.29) is 20.9 Å². The highest BCUT2D eigenvalue weighted by Crippen LogP contribution is 2.30. The van der Waals surface area contributed by atoms with E-state index in [1.54, 1.807) is 20.8 Å². The van der Waals surface area contributed by atoms with Gasteiger partial charge in [-0.1, -0.05) is 39.0 Å². The molecule has 0 spiro atoms. The molecule has 0 bridgehead atoms. The predicted molar refractivity (Wildman–Crippen MR) is 108 cm³/mol. The average Bonchev–Trinajstić information content (AvgIpc) is 2.45. The van der Waals surface area contributed by atoms with E-state index in [9.17, 15) is 16.8 Å². The second kappa shape index (κ2) is 6.92. The minimum absolute atomic E-state index is 0.105. The van der Waals surface area contributed by atoms with E-state index in [1.807, 2.05) is 12.1 Å². The van der Waals surface area contributed by atoms with Gasteiger partial charge in [-0.05, 0) is 60.6 Å². The molecular weight excluding hydrogens is 384 g/mol. The molecule has 0 atom stereocenters. The standard InChI is InChI=1S/C19H26N2O4S2/c1-12-7-8-16(11-17(12)26(20,22)23)21-27(24,25)18-13(2)9-15(10-14(18)3)19(4,5)6/h7-11,21H,1-6H3,(H2,20,22,23). The second-order valence-corrected chi connectivity index (χ2v) is 11.0. The molecule has 0 aliphatic carbocycles. The molecule has 3 N–H and O–H groups in total. The summed E-state index contributed by atoms with van der Waals surface area (Å²) in [6, 6.07) is 7.99. The molecule has 148 valence electrons. The molecule has 2 aromatic carbocycles. The summed E-state index contributed by atoms with van der Waals surface area (Å²) >= 11 is 0. The van der Waals surface area contributed by atoms with Gasteiger partial charge in [0.15, 0.2) is 0 Å². The van der Waals surface area contributed by atoms with Crippen molar-refractivity contribution in [2.45, 2.75) is 56.7 Å². The van der Waals surface area contributed by atoms with Crippen molar-refractivity contribution in [2.24, 2.45) is 5.14 Å². The van der Waals surface area contributed by atoms with E-state index in [1.165, 1.54) is 18.2 Å². The molecule has 27 heavy (non-hydrogen) atoms. The highest BCUT2D eigenvalue weighted by atomic mass is 32.2. The second-order valence-electron chi connectivity index (χ2n) is 7.82. The fourth-order valence-corrected chi connectivity index (χ4v) is 5.30. The first kappa shape index (κ1) is 21.4. The van der Waals surface area contributed by atoms with Crippen LogP contribution in [0, 0.1) is 20.8 Å². The van der Waals surface area contributed by atoms with E-state index in [0.717, 1.165) is 5.56 Å². The van der Waals surface area contributed by atoms with Gasteiger partial charge in [0, 0.05) is 0 Å². The molecule has 0 saturated heterocycles. The molecule has 2 aromatic rings. The molecular formula is C19H26N2O4S2. The first-order valence-corrected chi connectivity index (χ1v) is 11.4. The Bertz CT molecular complexity index is 1070. The number of benzene rings is 2. The van der Waals surface area contributed by atoms with E-state index in [0.29, 0.717) is 16.7 Å². The number of hydrogen-bond acceptors (Lipinski definition) is 4. The van der Waals surface area contributed by atoms with Gasteiger partial charge in [0.25, 0.3) is 10.0 Å². The maximum absolute atomic E-state index is 13.0. The molecule has 0 unspecified atom stereocenters. The number of nitrogens with one attached hydrogen (secondary N) is 1. The lowest BCUT2D eigenvalue weighted by Gasteiger charge is -2.22. The van der Waals surface area contributed by atoms with Gasteiger partial charge in [0.1, 0.15) is 0 Å². The third-order valence-corrected chi connectivity index (χ3v) is 7.08. The van der Waals surface area contributed by atoms with Gasteiger partial charge in [0.2, 0.25) is 10.0 Å². The van der Waals surface area contributed by atoms with Gasteiger partial charge in [-0.25, -0.2) is 22.0 Å². The minimum Gasteiger partial charge on any atom is -0.280 e. The van der Waals surface area contributed by atoms with Gasteiger partial charge in [-0.3, -0.25) is 4.72 Å². The zero-order valence-corrected chi connectivity index (χ0v) is 18.0. The number of anilines is 1. The number of aryl methyl sites for hydroxylation is 3. The van der Waals surface area contributed by atoms with Crippen LogP contribution in [0.25, 0.3) is 0 Å². The summed E-state index contributed by atoms with van der Waals surface area (Å²) in [6.45, 7) is 11.3. The lowest BCUT2D eigenvalue weighted by molar-refractivity contribution is 0.585. The van der Waals surface area contributed by atoms with Crippen LogP contribution in [0.4, 0.5) is 5.69 Å². The summed E-state index contributed by atoms with van der Waals surface area (Å²) in [6.07, 6.45) is 0. The van der Waals surface area contributed by atoms with Crippen molar-refractivity contribution in [2.75, 3.05) is 4.72 Å². The van der Waals surface area contributed by atoms with Crippen LogP contribution < -0.4 is 9.86 Å². The number of rotatable bonds is 4. The Labute approximate surface area is 161 Å². The molecule has 2 rings (SSSR count). The number of nitrogens with two attached hydrogens (primary N) is 1. The van der Waals surface area contributed by atoms with Crippen molar-refractivity contribution in [1.82, 2.24) is 0 Å². The zero-order chi connectivity index (χ0) is 20.8. The lowest BCUT2D eigenvalue weighted by atomic mass is 9.85. The van der Waals surface area contributed by atoms with Crippen LogP contribution in [0.3, 0.4) is 0 Å². The third kappa shape index (κ3) is 4.69. The molecule has 0 aliphatic rings. The number of primary sulfonamides is 1. The van der Waals surface area contributed by atoms with E-state index in [4.69, 9.17) is 5.14 Å². The Morgan fingerprint density at radius 1 is 0.852 bits per heavy atom. The van der Waals surface area contributed by atoms with Crippen molar-refractivity contribution in [3.8, 4) is 0 Å². The van der Waals surface area contributed by atoms with Gasteiger partial charge in [-0.15, -0.1) is 0 Å². The largest absolute Gasteiger partial charge is 0.280 e. The SMILES string of the molecule is Cc1ccc(NS(=O)(=O)c2c(C)cc(C(C)(C)C)cc2C)cc1S(N)(=O)=O. The topological polar surface area (TPSA) is 106 Å². The summed E-state index contributed by atoms with van der Waals surface area (Å²) in [5, 5.41) is 5.20. The van der Waals surface area contributed by atoms with E-state index in [2.05, 4.69) is 25.5 Å². The van der Waals surface area contributed by atoms with Gasteiger partial charge in [0.05, 0.1) is 15.5 Å². The molecule has 0 saturated carbocycles. The van der Waals surface area contributed by atoms with Crippen molar-refractivity contribution < 1.29 is 16.8 Å². The van der Waals surface area contributed by atoms with Crippen molar-refractivity contribution in [1.29, 1.82) is 0 Å². The quantitative estimate of drug-likeness (QED) is 0.806. The van der Waals surface area contributed by atoms with Crippen molar-refractivity contribution in [3.63, 3.8) is 0 Å². The highest BCUT2D eigenvalue weighted by Gasteiger charge is 2.24. The summed E-state index contributed by atoms with van der Waals surface area (Å²) < 4.78 is 51.7. The van der Waals surface area contributed by atoms with Gasteiger partial charge >= 0.3 is 0 Å². The monoisotopic (exact) mass is 410 g/mol. The summed E-state index contributed by atoms with van der Waals surface area (Å²) in [5.74, 6) is 0. The van der Waals surface area contributed by atoms with Crippen LogP contribution in [0.2, 0.25) is 0 Å². The van der Waals surface area contributed by atoms with Crippen LogP contribution >= 0.6 is 0 Å². The van der Waals surface area contributed by atoms with Crippen LogP contribution in [0.5, 0.6) is 0 Å². The minimum atomic E-state index is -3.95. The van der Waals surface area contributed by atoms with Gasteiger partial charge in [-0.2, -0.15) is 0 Å². The Kier molecular flexibility index (Phi) is 5.49. The van der Waals surface area contributed by atoms with Crippen LogP contribution in [0.15, 0.2) is 40.1 Å². The third-order valence-electron chi connectivity index (χ3n) is 4.34. The van der Waals surface area contributed by atoms with Gasteiger partial charge < -0.3 is 0 Å². The summed E-state index contributed by atoms with van der Waals surface area (Å²) in [4.78, 5) is 0.0763. The van der Waals surface area contributed by atoms with Crippen LogP contribution in [-0.2, 0) is 25.5 Å². The fraction of sp³-hybridized carbons (Fsp3) is 0.368. The molecule has 0 fully saturated rings. The first-order chi connectivity index (χ1) is 12.1. The van der Waals surface area contributed by atoms with E-state index < -0.39 is 20.0 Å². The Morgan fingerprint density at radius 2 is 1.37 bits per heavy atom. The molecule has 8 heteroatoms. The lowest BCUT2D eigenvalue weighted by Crippen LogP contribution is -2.19. The predicted octanol–water partition coefficient (Wildman–Crippen LogP) is 3.36. The van der Waals surface area contributed by atoms with Crippen LogP contribution in [-0.4, -0.2) is 16.8 Å².